The van der Waals surface area contributed by atoms with Crippen LogP contribution in [0.3, 0.4) is 0 Å². The third-order valence-corrected chi connectivity index (χ3v) is 10.6. The molecule has 2 unspecified atom stereocenters. The molecular weight excluding hydrogens is 512 g/mol. The second kappa shape index (κ2) is 11.9. The number of unbranched alkanes of at least 4 members (excludes halogenated alkanes) is 2. The number of hydrogen-bond acceptors (Lipinski definition) is 6. The van der Waals surface area contributed by atoms with Gasteiger partial charge in [0.1, 0.15) is 6.04 Å². The predicted octanol–water partition coefficient (Wildman–Crippen LogP) is 4.59. The Morgan fingerprint density at radius 2 is 1.90 bits per heavy atom. The summed E-state index contributed by atoms with van der Waals surface area (Å²) in [5, 5.41) is 9.42. The fourth-order valence-corrected chi connectivity index (χ4v) is 9.33. The summed E-state index contributed by atoms with van der Waals surface area (Å²) in [7, 11) is 0. The van der Waals surface area contributed by atoms with Crippen molar-refractivity contribution in [2.24, 2.45) is 11.8 Å². The SMILES string of the molecule is C=CCCCOC(=O)[C@H]1[C@H]2C(=O)N(CCCCO)C(C(=O)N(CC=C)c3c(C)cccc3C)C23CC[C@]1(C)S3. The molecule has 3 heterocycles. The topological polar surface area (TPSA) is 87.1 Å². The second-order valence-electron chi connectivity index (χ2n) is 11.3. The molecule has 3 aliphatic rings. The van der Waals surface area contributed by atoms with E-state index >= 15 is 0 Å². The first-order valence-electron chi connectivity index (χ1n) is 14.0. The molecular formula is C31H42N2O5S. The Balaban J connectivity index is 1.75. The number of likely N-dealkylation sites (tertiary alicyclic amines) is 1. The van der Waals surface area contributed by atoms with Gasteiger partial charge in [0.05, 0.1) is 23.2 Å². The molecule has 2 amide bonds. The molecule has 3 fully saturated rings. The van der Waals surface area contributed by atoms with Crippen LogP contribution in [-0.2, 0) is 19.1 Å². The number of esters is 1. The molecule has 1 aromatic rings. The summed E-state index contributed by atoms with van der Waals surface area (Å²) in [5.41, 5.74) is 2.80. The van der Waals surface area contributed by atoms with Gasteiger partial charge in [-0.25, -0.2) is 0 Å². The van der Waals surface area contributed by atoms with E-state index in [1.54, 1.807) is 33.7 Å². The van der Waals surface area contributed by atoms with Crippen molar-refractivity contribution in [3.8, 4) is 0 Å². The van der Waals surface area contributed by atoms with Crippen LogP contribution in [0.15, 0.2) is 43.5 Å². The number of carbonyl (C=O) groups excluding carboxylic acids is 3. The number of benzene rings is 1. The molecule has 3 aliphatic heterocycles. The minimum absolute atomic E-state index is 0.0205. The molecule has 0 saturated carbocycles. The van der Waals surface area contributed by atoms with Gasteiger partial charge in [0, 0.05) is 30.1 Å². The third kappa shape index (κ3) is 5.06. The number of hydrogen-bond donors (Lipinski definition) is 1. The zero-order valence-electron chi connectivity index (χ0n) is 23.5. The van der Waals surface area contributed by atoms with Gasteiger partial charge in [-0.1, -0.05) is 30.4 Å². The Kier molecular flexibility index (Phi) is 8.96. The maximum Gasteiger partial charge on any atom is 0.311 e. The van der Waals surface area contributed by atoms with Crippen molar-refractivity contribution >= 4 is 35.2 Å². The number of thioether (sulfide) groups is 1. The van der Waals surface area contributed by atoms with E-state index in [1.165, 1.54) is 0 Å². The van der Waals surface area contributed by atoms with Crippen LogP contribution in [0, 0.1) is 25.7 Å². The van der Waals surface area contributed by atoms with E-state index < -0.39 is 27.4 Å². The zero-order valence-corrected chi connectivity index (χ0v) is 24.3. The lowest BCUT2D eigenvalue weighted by atomic mass is 9.66. The second-order valence-corrected chi connectivity index (χ2v) is 13.2. The molecule has 39 heavy (non-hydrogen) atoms. The number of nitrogens with zero attached hydrogens (tertiary/aromatic N) is 2. The first-order valence-corrected chi connectivity index (χ1v) is 14.9. The lowest BCUT2D eigenvalue weighted by Gasteiger charge is -2.38. The van der Waals surface area contributed by atoms with Crippen molar-refractivity contribution in [2.45, 2.75) is 74.8 Å². The number of aliphatic hydroxyl groups is 1. The Labute approximate surface area is 236 Å². The molecule has 3 saturated heterocycles. The minimum Gasteiger partial charge on any atom is -0.465 e. The number of aryl methyl sites for hydroxylation is 2. The molecule has 0 aliphatic carbocycles. The normalized spacial score (nSPS) is 28.9. The van der Waals surface area contributed by atoms with E-state index in [9.17, 15) is 19.5 Å². The number of para-hydroxylation sites is 1. The Hall–Kier alpha value is -2.58. The number of carbonyl (C=O) groups is 3. The Morgan fingerprint density at radius 1 is 1.18 bits per heavy atom. The first kappa shape index (κ1) is 29.4. The fourth-order valence-electron chi connectivity index (χ4n) is 6.99. The van der Waals surface area contributed by atoms with Crippen molar-refractivity contribution in [3.05, 3.63) is 54.6 Å². The van der Waals surface area contributed by atoms with Crippen LogP contribution in [0.5, 0.6) is 0 Å². The van der Waals surface area contributed by atoms with Crippen LogP contribution < -0.4 is 4.90 Å². The van der Waals surface area contributed by atoms with E-state index in [-0.39, 0.29) is 31.0 Å². The summed E-state index contributed by atoms with van der Waals surface area (Å²) >= 11 is 1.65. The lowest BCUT2D eigenvalue weighted by Crippen LogP contribution is -2.55. The number of fused-ring (bicyclic) bond motifs is 1. The summed E-state index contributed by atoms with van der Waals surface area (Å²) in [6.07, 6.45) is 7.51. The average Bonchev–Trinajstić information content (AvgIpc) is 3.46. The minimum atomic E-state index is -0.710. The number of aliphatic hydroxyl groups excluding tert-OH is 1. The summed E-state index contributed by atoms with van der Waals surface area (Å²) in [6, 6.07) is 5.24. The lowest BCUT2D eigenvalue weighted by molar-refractivity contribution is -0.155. The van der Waals surface area contributed by atoms with Gasteiger partial charge in [0.25, 0.3) is 5.91 Å². The molecule has 4 rings (SSSR count). The highest BCUT2D eigenvalue weighted by Gasteiger charge is 2.77. The van der Waals surface area contributed by atoms with E-state index in [1.807, 2.05) is 32.0 Å². The standard InChI is InChI=1S/C31H42N2O5S/c1-6-8-11-20-38-29(37)24-23-27(35)33(18-9-10-19-34)26(31(23)16-15-30(24,5)39-31)28(36)32(17-7-2)25-21(3)13-12-14-22(25)4/h6-7,12-14,23-24,26,34H,1-2,8-11,15-20H2,3-5H3/t23-,24+,26?,30-,31?/m0/s1. The molecule has 1 N–H and O–H groups in total. The summed E-state index contributed by atoms with van der Waals surface area (Å²) in [5.74, 6) is -1.83. The van der Waals surface area contributed by atoms with Gasteiger partial charge in [0.2, 0.25) is 5.91 Å². The smallest absolute Gasteiger partial charge is 0.311 e. The molecule has 212 valence electrons. The van der Waals surface area contributed by atoms with Crippen molar-refractivity contribution in [1.29, 1.82) is 0 Å². The van der Waals surface area contributed by atoms with Crippen molar-refractivity contribution in [1.82, 2.24) is 4.90 Å². The van der Waals surface area contributed by atoms with Crippen LogP contribution in [0.25, 0.3) is 0 Å². The highest BCUT2D eigenvalue weighted by molar-refractivity contribution is 8.02. The van der Waals surface area contributed by atoms with E-state index in [2.05, 4.69) is 20.1 Å². The molecule has 8 heteroatoms. The monoisotopic (exact) mass is 554 g/mol. The number of allylic oxidation sites excluding steroid dienone is 1. The molecule has 2 bridgehead atoms. The summed E-state index contributed by atoms with van der Waals surface area (Å²) in [6.45, 7) is 14.7. The molecule has 5 atom stereocenters. The van der Waals surface area contributed by atoms with Gasteiger partial charge in [0.15, 0.2) is 0 Å². The Bertz CT molecular complexity index is 1120. The third-order valence-electron chi connectivity index (χ3n) is 8.66. The molecule has 7 nitrogen and oxygen atoms in total. The number of anilines is 1. The maximum atomic E-state index is 14.7. The van der Waals surface area contributed by atoms with Crippen molar-refractivity contribution in [2.75, 3.05) is 31.2 Å². The Morgan fingerprint density at radius 3 is 2.54 bits per heavy atom. The quantitative estimate of drug-likeness (QED) is 0.218. The number of ether oxygens (including phenoxy) is 1. The van der Waals surface area contributed by atoms with Crippen LogP contribution in [-0.4, -0.2) is 69.6 Å². The van der Waals surface area contributed by atoms with Crippen molar-refractivity contribution < 1.29 is 24.2 Å². The summed E-state index contributed by atoms with van der Waals surface area (Å²) in [4.78, 5) is 45.9. The van der Waals surface area contributed by atoms with Crippen LogP contribution >= 0.6 is 11.8 Å². The van der Waals surface area contributed by atoms with E-state index in [0.29, 0.717) is 38.8 Å². The zero-order chi connectivity index (χ0) is 28.4. The average molecular weight is 555 g/mol. The van der Waals surface area contributed by atoms with Crippen LogP contribution in [0.2, 0.25) is 0 Å². The largest absolute Gasteiger partial charge is 0.465 e. The highest BCUT2D eigenvalue weighted by atomic mass is 32.2. The molecule has 0 radical (unpaired) electrons. The van der Waals surface area contributed by atoms with Gasteiger partial charge in [-0.3, -0.25) is 14.4 Å². The highest BCUT2D eigenvalue weighted by Crippen LogP contribution is 2.71. The molecule has 1 spiro atoms. The van der Waals surface area contributed by atoms with Crippen LogP contribution in [0.4, 0.5) is 5.69 Å². The van der Waals surface area contributed by atoms with Gasteiger partial charge < -0.3 is 19.6 Å². The summed E-state index contributed by atoms with van der Waals surface area (Å²) < 4.78 is 4.53. The first-order chi connectivity index (χ1) is 18.7. The van der Waals surface area contributed by atoms with Gasteiger partial charge in [-0.2, -0.15) is 0 Å². The van der Waals surface area contributed by atoms with Gasteiger partial charge >= 0.3 is 5.97 Å². The van der Waals surface area contributed by atoms with Crippen LogP contribution in [0.1, 0.15) is 56.6 Å². The van der Waals surface area contributed by atoms with Crippen molar-refractivity contribution in [3.63, 3.8) is 0 Å². The molecule has 0 aromatic heterocycles. The molecule has 1 aromatic carbocycles. The maximum absolute atomic E-state index is 14.7. The number of amides is 2. The predicted molar refractivity (Wildman–Crippen MR) is 156 cm³/mol. The fraction of sp³-hybridized carbons (Fsp3) is 0.581. The van der Waals surface area contributed by atoms with E-state index in [0.717, 1.165) is 29.7 Å². The van der Waals surface area contributed by atoms with E-state index in [4.69, 9.17) is 4.74 Å². The van der Waals surface area contributed by atoms with Gasteiger partial charge in [-0.05, 0) is 70.4 Å². The number of rotatable bonds is 13. The van der Waals surface area contributed by atoms with Gasteiger partial charge in [-0.15, -0.1) is 24.9 Å².